The molecule has 0 saturated heterocycles. The van der Waals surface area contributed by atoms with Gasteiger partial charge in [-0.15, -0.1) is 4.40 Å². The maximum absolute atomic E-state index is 11.7. The molecule has 0 fully saturated rings. The summed E-state index contributed by atoms with van der Waals surface area (Å²) >= 11 is 0. The van der Waals surface area contributed by atoms with Crippen molar-refractivity contribution in [2.24, 2.45) is 10.1 Å². The molecule has 2 heterocycles. The number of nitrogens with two attached hydrogens (primary N) is 1. The Hall–Kier alpha value is -3.12. The van der Waals surface area contributed by atoms with E-state index in [0.717, 1.165) is 0 Å². The van der Waals surface area contributed by atoms with E-state index >= 15 is 0 Å². The van der Waals surface area contributed by atoms with Gasteiger partial charge in [-0.1, -0.05) is 6.07 Å². The predicted octanol–water partition coefficient (Wildman–Crippen LogP) is 0.526. The fourth-order valence-electron chi connectivity index (χ4n) is 2.66. The van der Waals surface area contributed by atoms with Crippen LogP contribution in [-0.2, 0) is 10.2 Å². The summed E-state index contributed by atoms with van der Waals surface area (Å²) in [4.78, 5) is 8.41. The van der Waals surface area contributed by atoms with Crippen molar-refractivity contribution >= 4 is 33.5 Å². The molecule has 11 nitrogen and oxygen atoms in total. The average Bonchev–Trinajstić information content (AvgIpc) is 2.63. The summed E-state index contributed by atoms with van der Waals surface area (Å²) in [6.07, 6.45) is 1.60. The van der Waals surface area contributed by atoms with Crippen molar-refractivity contribution < 1.29 is 18.3 Å². The number of rotatable bonds is 8. The topological polar surface area (TPSA) is 164 Å². The van der Waals surface area contributed by atoms with Gasteiger partial charge in [0.2, 0.25) is 5.95 Å². The van der Waals surface area contributed by atoms with Crippen LogP contribution in [0.3, 0.4) is 0 Å². The Kier molecular flexibility index (Phi) is 5.75. The summed E-state index contributed by atoms with van der Waals surface area (Å²) in [7, 11) is -3.85. The Labute approximate surface area is 168 Å². The number of nitrogens with zero attached hydrogens (tertiary/aromatic N) is 3. The van der Waals surface area contributed by atoms with Crippen molar-refractivity contribution in [3.63, 3.8) is 0 Å². The highest BCUT2D eigenvalue weighted by molar-refractivity contribution is 7.91. The lowest BCUT2D eigenvalue weighted by atomic mass is 10.1. The second-order valence-electron chi connectivity index (χ2n) is 6.95. The highest BCUT2D eigenvalue weighted by atomic mass is 32.2. The van der Waals surface area contributed by atoms with Gasteiger partial charge in [0.05, 0.1) is 23.4 Å². The number of anilines is 3. The molecule has 1 aliphatic rings. The number of hydrogen-bond donors (Lipinski definition) is 5. The minimum atomic E-state index is -3.85. The smallest absolute Gasteiger partial charge is 0.344 e. The first-order chi connectivity index (χ1) is 13.7. The molecule has 0 atom stereocenters. The van der Waals surface area contributed by atoms with Crippen LogP contribution in [0.5, 0.6) is 5.75 Å². The number of nitrogens with one attached hydrogen (secondary N) is 3. The standard InChI is InChI=1S/C17H23N7O4S/c1-17(2,22-13-6-7-19-16(21-13)20-8-9-25)10-28-12-5-3-4-11-14(12)15(18)24-29(26,27)23-11/h3-7,23,25H,8-10H2,1-2H3,(H2,18,24)(H2,19,20,21,22). The minimum Gasteiger partial charge on any atom is -0.490 e. The number of aliphatic hydroxyl groups is 1. The zero-order valence-corrected chi connectivity index (χ0v) is 16.8. The van der Waals surface area contributed by atoms with E-state index in [0.29, 0.717) is 35.3 Å². The predicted molar refractivity (Wildman–Crippen MR) is 111 cm³/mol. The number of benzene rings is 1. The van der Waals surface area contributed by atoms with Crippen molar-refractivity contribution in [3.05, 3.63) is 36.0 Å². The Morgan fingerprint density at radius 3 is 2.86 bits per heavy atom. The molecule has 0 saturated carbocycles. The van der Waals surface area contributed by atoms with Crippen molar-refractivity contribution in [2.45, 2.75) is 19.4 Å². The molecular formula is C17H23N7O4S. The lowest BCUT2D eigenvalue weighted by Gasteiger charge is -2.28. The van der Waals surface area contributed by atoms with E-state index in [1.165, 1.54) is 0 Å². The Bertz CT molecular complexity index is 1020. The van der Waals surface area contributed by atoms with Crippen LogP contribution in [0.15, 0.2) is 34.9 Å². The quantitative estimate of drug-likeness (QED) is 0.409. The number of fused-ring (bicyclic) bond motifs is 1. The van der Waals surface area contributed by atoms with Gasteiger partial charge >= 0.3 is 10.2 Å². The monoisotopic (exact) mass is 421 g/mol. The number of amidine groups is 1. The molecule has 3 rings (SSSR count). The van der Waals surface area contributed by atoms with Crippen molar-refractivity contribution in [1.82, 2.24) is 9.97 Å². The van der Waals surface area contributed by atoms with Gasteiger partial charge < -0.3 is 26.2 Å². The fraction of sp³-hybridized carbons (Fsp3) is 0.353. The third-order valence-corrected chi connectivity index (χ3v) is 4.76. The van der Waals surface area contributed by atoms with Crippen molar-refractivity contribution in [3.8, 4) is 5.75 Å². The molecule has 6 N–H and O–H groups in total. The zero-order valence-electron chi connectivity index (χ0n) is 16.0. The molecule has 2 aromatic rings. The number of ether oxygens (including phenoxy) is 1. The van der Waals surface area contributed by atoms with Gasteiger partial charge in [0.25, 0.3) is 0 Å². The van der Waals surface area contributed by atoms with Crippen molar-refractivity contribution in [2.75, 3.05) is 35.1 Å². The summed E-state index contributed by atoms with van der Waals surface area (Å²) in [5, 5.41) is 15.0. The van der Waals surface area contributed by atoms with Gasteiger partial charge in [-0.25, -0.2) is 4.98 Å². The van der Waals surface area contributed by atoms with Crippen molar-refractivity contribution in [1.29, 1.82) is 0 Å². The lowest BCUT2D eigenvalue weighted by molar-refractivity contribution is 0.256. The summed E-state index contributed by atoms with van der Waals surface area (Å²) < 4.78 is 35.1. The summed E-state index contributed by atoms with van der Waals surface area (Å²) in [5.74, 6) is 1.26. The molecule has 1 aromatic carbocycles. The maximum atomic E-state index is 11.7. The van der Waals surface area contributed by atoms with Gasteiger partial charge in [-0.05, 0) is 32.0 Å². The fourth-order valence-corrected chi connectivity index (χ4v) is 3.50. The first kappa shape index (κ1) is 20.6. The summed E-state index contributed by atoms with van der Waals surface area (Å²) in [5.41, 5.74) is 6.01. The highest BCUT2D eigenvalue weighted by Gasteiger charge is 2.26. The van der Waals surface area contributed by atoms with Crippen LogP contribution >= 0.6 is 0 Å². The van der Waals surface area contributed by atoms with E-state index in [2.05, 4.69) is 29.7 Å². The second kappa shape index (κ2) is 8.09. The third-order valence-electron chi connectivity index (χ3n) is 3.85. The van der Waals surface area contributed by atoms with Crippen LogP contribution in [0.2, 0.25) is 0 Å². The Balaban J connectivity index is 1.72. The van der Waals surface area contributed by atoms with E-state index in [1.807, 2.05) is 13.8 Å². The van der Waals surface area contributed by atoms with Crippen LogP contribution in [-0.4, -0.2) is 54.6 Å². The molecule has 0 aliphatic carbocycles. The SMILES string of the molecule is CC(C)(COc1cccc2c1C(N)=NS(=O)(=O)N2)Nc1ccnc(NCCO)n1. The molecule has 12 heteroatoms. The van der Waals surface area contributed by atoms with E-state index in [1.54, 1.807) is 30.5 Å². The molecule has 0 bridgehead atoms. The molecule has 156 valence electrons. The van der Waals surface area contributed by atoms with Crippen LogP contribution in [0, 0.1) is 0 Å². The molecule has 1 aliphatic heterocycles. The van der Waals surface area contributed by atoms with Gasteiger partial charge in [0, 0.05) is 12.7 Å². The van der Waals surface area contributed by atoms with E-state index < -0.39 is 15.7 Å². The number of aromatic nitrogens is 2. The van der Waals surface area contributed by atoms with E-state index in [9.17, 15) is 8.42 Å². The van der Waals surface area contributed by atoms with Crippen LogP contribution in [0.4, 0.5) is 17.5 Å². The minimum absolute atomic E-state index is 0.0235. The molecular weight excluding hydrogens is 398 g/mol. The molecule has 0 unspecified atom stereocenters. The number of hydrogen-bond acceptors (Lipinski definition) is 9. The van der Waals surface area contributed by atoms with Gasteiger partial charge in [-0.2, -0.15) is 13.4 Å². The summed E-state index contributed by atoms with van der Waals surface area (Å²) in [6.45, 7) is 4.40. The van der Waals surface area contributed by atoms with Gasteiger partial charge in [-0.3, -0.25) is 4.72 Å². The Morgan fingerprint density at radius 2 is 2.10 bits per heavy atom. The first-order valence-electron chi connectivity index (χ1n) is 8.79. The molecule has 0 amide bonds. The lowest BCUT2D eigenvalue weighted by Crippen LogP contribution is -2.38. The van der Waals surface area contributed by atoms with Crippen LogP contribution < -0.4 is 25.8 Å². The summed E-state index contributed by atoms with van der Waals surface area (Å²) in [6, 6.07) is 6.67. The van der Waals surface area contributed by atoms with Gasteiger partial charge in [0.15, 0.2) is 5.84 Å². The maximum Gasteiger partial charge on any atom is 0.344 e. The average molecular weight is 421 g/mol. The molecule has 0 radical (unpaired) electrons. The zero-order chi connectivity index (χ0) is 21.1. The van der Waals surface area contributed by atoms with Gasteiger partial charge in [0.1, 0.15) is 18.2 Å². The van der Waals surface area contributed by atoms with Crippen LogP contribution in [0.25, 0.3) is 0 Å². The van der Waals surface area contributed by atoms with Crippen LogP contribution in [0.1, 0.15) is 19.4 Å². The largest absolute Gasteiger partial charge is 0.490 e. The normalized spacial score (nSPS) is 14.9. The molecule has 0 spiro atoms. The Morgan fingerprint density at radius 1 is 1.31 bits per heavy atom. The third kappa shape index (κ3) is 5.23. The molecule has 1 aromatic heterocycles. The molecule has 29 heavy (non-hydrogen) atoms. The first-order valence-corrected chi connectivity index (χ1v) is 10.2. The van der Waals surface area contributed by atoms with E-state index in [-0.39, 0.29) is 19.0 Å². The second-order valence-corrected chi connectivity index (χ2v) is 8.28. The highest BCUT2D eigenvalue weighted by Crippen LogP contribution is 2.31. The number of aliphatic hydroxyl groups excluding tert-OH is 1. The van der Waals surface area contributed by atoms with E-state index in [4.69, 9.17) is 15.6 Å².